The lowest BCUT2D eigenvalue weighted by atomic mass is 10.2. The first-order chi connectivity index (χ1) is 8.17. The molecule has 2 rings (SSSR count). The summed E-state index contributed by atoms with van der Waals surface area (Å²) in [5.41, 5.74) is 8.27. The highest BCUT2D eigenvalue weighted by atomic mass is 15.3. The molecule has 1 heterocycles. The molecule has 1 aromatic heterocycles. The summed E-state index contributed by atoms with van der Waals surface area (Å²) in [5, 5.41) is 16.1. The maximum atomic E-state index is 9.01. The molecule has 3 N–H and O–H groups in total. The maximum absolute atomic E-state index is 9.01. The molecule has 0 spiro atoms. The lowest BCUT2D eigenvalue weighted by Gasteiger charge is -2.03. The number of nitrogens with one attached hydrogen (secondary N) is 1. The van der Waals surface area contributed by atoms with Crippen molar-refractivity contribution in [3.05, 3.63) is 35.4 Å². The quantitative estimate of drug-likeness (QED) is 0.818. The van der Waals surface area contributed by atoms with E-state index in [-0.39, 0.29) is 0 Å². The van der Waals surface area contributed by atoms with Crippen LogP contribution >= 0.6 is 0 Å². The topological polar surface area (TPSA) is 79.7 Å². The molecule has 0 aliphatic carbocycles. The third kappa shape index (κ3) is 1.81. The zero-order valence-corrected chi connectivity index (χ0v) is 9.73. The van der Waals surface area contributed by atoms with Gasteiger partial charge in [0.1, 0.15) is 17.5 Å². The second-order valence-corrected chi connectivity index (χ2v) is 3.72. The fourth-order valence-corrected chi connectivity index (χ4v) is 1.60. The van der Waals surface area contributed by atoms with Crippen LogP contribution in [0, 0.1) is 18.3 Å². The number of hydrogen-bond acceptors (Lipinski definition) is 4. The Hall–Kier alpha value is -2.48. The highest BCUT2D eigenvalue weighted by Gasteiger charge is 2.14. The number of nitrogens with zero attached hydrogens (tertiary/aromatic N) is 3. The molecule has 0 saturated carbocycles. The molecule has 0 unspecified atom stereocenters. The Morgan fingerprint density at radius 1 is 1.35 bits per heavy atom. The van der Waals surface area contributed by atoms with Crippen LogP contribution in [0.5, 0.6) is 0 Å². The first-order valence-corrected chi connectivity index (χ1v) is 5.20. The van der Waals surface area contributed by atoms with E-state index in [1.165, 1.54) is 0 Å². The Morgan fingerprint density at radius 2 is 2.00 bits per heavy atom. The van der Waals surface area contributed by atoms with Crippen molar-refractivity contribution in [3.8, 4) is 11.8 Å². The summed E-state index contributed by atoms with van der Waals surface area (Å²) in [5.74, 6) is 0.839. The number of hydrogen-bond donors (Lipinski definition) is 2. The van der Waals surface area contributed by atoms with Crippen LogP contribution in [0.1, 0.15) is 11.1 Å². The van der Waals surface area contributed by atoms with Crippen LogP contribution in [0.4, 0.5) is 11.6 Å². The van der Waals surface area contributed by atoms with Gasteiger partial charge in [-0.1, -0.05) is 17.7 Å². The lowest BCUT2D eigenvalue weighted by Crippen LogP contribution is -2.02. The van der Waals surface area contributed by atoms with Crippen LogP contribution in [-0.2, 0) is 0 Å². The van der Waals surface area contributed by atoms with Crippen LogP contribution in [0.25, 0.3) is 5.69 Å². The average molecular weight is 227 g/mol. The van der Waals surface area contributed by atoms with Crippen LogP contribution in [0.15, 0.2) is 24.3 Å². The van der Waals surface area contributed by atoms with E-state index in [4.69, 9.17) is 11.0 Å². The van der Waals surface area contributed by atoms with Crippen LogP contribution < -0.4 is 11.1 Å². The van der Waals surface area contributed by atoms with Crippen molar-refractivity contribution in [2.45, 2.75) is 6.92 Å². The van der Waals surface area contributed by atoms with Crippen molar-refractivity contribution in [1.82, 2.24) is 9.78 Å². The van der Waals surface area contributed by atoms with Crippen molar-refractivity contribution in [3.63, 3.8) is 0 Å². The van der Waals surface area contributed by atoms with Crippen molar-refractivity contribution in [2.24, 2.45) is 0 Å². The van der Waals surface area contributed by atoms with Gasteiger partial charge >= 0.3 is 0 Å². The van der Waals surface area contributed by atoms with Gasteiger partial charge in [0.05, 0.1) is 5.69 Å². The Labute approximate surface area is 99.5 Å². The zero-order chi connectivity index (χ0) is 12.4. The summed E-state index contributed by atoms with van der Waals surface area (Å²) in [6.07, 6.45) is 0. The zero-order valence-electron chi connectivity index (χ0n) is 9.73. The van der Waals surface area contributed by atoms with E-state index in [1.54, 1.807) is 11.7 Å². The first-order valence-electron chi connectivity index (χ1n) is 5.20. The van der Waals surface area contributed by atoms with Crippen molar-refractivity contribution in [2.75, 3.05) is 18.1 Å². The minimum Gasteiger partial charge on any atom is -0.382 e. The number of anilines is 2. The predicted octanol–water partition coefficient (Wildman–Crippen LogP) is 1.68. The van der Waals surface area contributed by atoms with E-state index in [0.717, 1.165) is 11.3 Å². The molecular weight excluding hydrogens is 214 g/mol. The van der Waals surface area contributed by atoms with E-state index < -0.39 is 0 Å². The molecule has 0 bridgehead atoms. The van der Waals surface area contributed by atoms with Gasteiger partial charge in [-0.3, -0.25) is 0 Å². The number of rotatable bonds is 2. The van der Waals surface area contributed by atoms with Crippen molar-refractivity contribution in [1.29, 1.82) is 5.26 Å². The van der Waals surface area contributed by atoms with E-state index >= 15 is 0 Å². The fraction of sp³-hybridized carbons (Fsp3) is 0.167. The molecule has 0 atom stereocenters. The molecule has 0 amide bonds. The van der Waals surface area contributed by atoms with Crippen LogP contribution in [0.2, 0.25) is 0 Å². The normalized spacial score (nSPS) is 9.94. The Bertz CT molecular complexity index is 574. The summed E-state index contributed by atoms with van der Waals surface area (Å²) in [4.78, 5) is 0. The summed E-state index contributed by atoms with van der Waals surface area (Å²) >= 11 is 0. The van der Waals surface area contributed by atoms with Gasteiger partial charge < -0.3 is 11.1 Å². The van der Waals surface area contributed by atoms with Gasteiger partial charge in [0.25, 0.3) is 0 Å². The molecule has 86 valence electrons. The molecule has 1 aromatic carbocycles. The average Bonchev–Trinajstić information content (AvgIpc) is 2.66. The number of nitriles is 1. The molecule has 0 radical (unpaired) electrons. The molecule has 2 aromatic rings. The number of benzene rings is 1. The van der Waals surface area contributed by atoms with E-state index in [1.807, 2.05) is 37.3 Å². The predicted molar refractivity (Wildman–Crippen MR) is 67.0 cm³/mol. The monoisotopic (exact) mass is 227 g/mol. The Kier molecular flexibility index (Phi) is 2.71. The highest BCUT2D eigenvalue weighted by Crippen LogP contribution is 2.23. The molecule has 0 aliphatic rings. The van der Waals surface area contributed by atoms with Gasteiger partial charge in [-0.05, 0) is 19.1 Å². The summed E-state index contributed by atoms with van der Waals surface area (Å²) in [6.45, 7) is 2.01. The second kappa shape index (κ2) is 4.18. The molecule has 5 heteroatoms. The van der Waals surface area contributed by atoms with Gasteiger partial charge in [-0.2, -0.15) is 5.26 Å². The molecule has 0 saturated heterocycles. The van der Waals surface area contributed by atoms with Gasteiger partial charge in [-0.15, -0.1) is 5.10 Å². The SMILES string of the molecule is CNc1nn(-c2ccc(C)cc2)c(N)c1C#N. The summed E-state index contributed by atoms with van der Waals surface area (Å²) < 4.78 is 1.56. The molecule has 0 fully saturated rings. The largest absolute Gasteiger partial charge is 0.382 e. The molecular formula is C12H13N5. The van der Waals surface area contributed by atoms with Gasteiger partial charge in [0, 0.05) is 7.05 Å². The van der Waals surface area contributed by atoms with Gasteiger partial charge in [0.15, 0.2) is 5.82 Å². The minimum absolute atomic E-state index is 0.348. The minimum atomic E-state index is 0.348. The van der Waals surface area contributed by atoms with Gasteiger partial charge in [0.2, 0.25) is 0 Å². The van der Waals surface area contributed by atoms with E-state index in [2.05, 4.69) is 10.4 Å². The number of nitrogens with two attached hydrogens (primary N) is 1. The number of aryl methyl sites for hydroxylation is 1. The number of aromatic nitrogens is 2. The molecule has 5 nitrogen and oxygen atoms in total. The first kappa shape index (κ1) is 11.0. The third-order valence-electron chi connectivity index (χ3n) is 2.55. The van der Waals surface area contributed by atoms with E-state index in [0.29, 0.717) is 17.2 Å². The molecule has 0 aliphatic heterocycles. The fourth-order valence-electron chi connectivity index (χ4n) is 1.60. The standard InChI is InChI=1S/C12H13N5/c1-8-3-5-9(6-4-8)17-11(14)10(7-13)12(15-2)16-17/h3-6H,14H2,1-2H3,(H,15,16). The van der Waals surface area contributed by atoms with Crippen LogP contribution in [-0.4, -0.2) is 16.8 Å². The maximum Gasteiger partial charge on any atom is 0.168 e. The number of nitrogen functional groups attached to an aromatic ring is 1. The second-order valence-electron chi connectivity index (χ2n) is 3.72. The van der Waals surface area contributed by atoms with E-state index in [9.17, 15) is 0 Å². The summed E-state index contributed by atoms with van der Waals surface area (Å²) in [7, 11) is 1.71. The van der Waals surface area contributed by atoms with Gasteiger partial charge in [-0.25, -0.2) is 4.68 Å². The Balaban J connectivity index is 2.57. The third-order valence-corrected chi connectivity index (χ3v) is 2.55. The lowest BCUT2D eigenvalue weighted by molar-refractivity contribution is 0.893. The smallest absolute Gasteiger partial charge is 0.168 e. The van der Waals surface area contributed by atoms with Crippen molar-refractivity contribution >= 4 is 11.6 Å². The van der Waals surface area contributed by atoms with Crippen molar-refractivity contribution < 1.29 is 0 Å². The Morgan fingerprint density at radius 3 is 2.47 bits per heavy atom. The van der Waals surface area contributed by atoms with Crippen LogP contribution in [0.3, 0.4) is 0 Å². The highest BCUT2D eigenvalue weighted by molar-refractivity contribution is 5.65. The summed E-state index contributed by atoms with van der Waals surface area (Å²) in [6, 6.07) is 9.82. The molecule has 17 heavy (non-hydrogen) atoms.